The molecule has 1 aromatic carbocycles. The molecular weight excluding hydrogens is 276 g/mol. The Labute approximate surface area is 134 Å². The predicted octanol–water partition coefficient (Wildman–Crippen LogP) is 4.48. The van der Waals surface area contributed by atoms with Crippen molar-refractivity contribution in [2.75, 3.05) is 6.61 Å². The van der Waals surface area contributed by atoms with E-state index in [1.807, 2.05) is 12.1 Å². The van der Waals surface area contributed by atoms with E-state index in [9.17, 15) is 9.90 Å². The molecule has 22 heavy (non-hydrogen) atoms. The summed E-state index contributed by atoms with van der Waals surface area (Å²) in [6.45, 7) is 14.7. The molecule has 3 nitrogen and oxygen atoms in total. The van der Waals surface area contributed by atoms with E-state index in [2.05, 4.69) is 41.5 Å². The molecule has 0 unspecified atom stereocenters. The van der Waals surface area contributed by atoms with Gasteiger partial charge >= 0.3 is 5.97 Å². The standard InChI is InChI=1S/C19H30O3/c1-8-16(20)22-10-9-13-11-14(18(2,3)4)17(21)15(12-13)19(5,6)7/h11-12,21H,8-10H2,1-7H3. The number of phenols is 1. The molecule has 1 rings (SSSR count). The van der Waals surface area contributed by atoms with E-state index in [4.69, 9.17) is 4.74 Å². The molecule has 0 spiro atoms. The first-order chi connectivity index (χ1) is 9.96. The molecule has 0 saturated carbocycles. The number of carbonyl (C=O) groups is 1. The molecule has 1 aromatic rings. The van der Waals surface area contributed by atoms with Crippen LogP contribution in [0.15, 0.2) is 12.1 Å². The lowest BCUT2D eigenvalue weighted by atomic mass is 9.78. The van der Waals surface area contributed by atoms with Crippen molar-refractivity contribution in [3.8, 4) is 5.75 Å². The van der Waals surface area contributed by atoms with E-state index in [0.717, 1.165) is 16.7 Å². The van der Waals surface area contributed by atoms with Crippen molar-refractivity contribution in [2.24, 2.45) is 0 Å². The number of benzene rings is 1. The summed E-state index contributed by atoms with van der Waals surface area (Å²) in [6.07, 6.45) is 1.06. The first-order valence-electron chi connectivity index (χ1n) is 7.99. The van der Waals surface area contributed by atoms with Gasteiger partial charge < -0.3 is 9.84 Å². The second kappa shape index (κ2) is 6.72. The van der Waals surface area contributed by atoms with E-state index < -0.39 is 0 Å². The molecule has 0 aliphatic rings. The minimum absolute atomic E-state index is 0.139. The number of ether oxygens (including phenoxy) is 1. The van der Waals surface area contributed by atoms with Gasteiger partial charge in [-0.05, 0) is 27.5 Å². The minimum atomic E-state index is -0.175. The van der Waals surface area contributed by atoms with Gasteiger partial charge in [0, 0.05) is 12.8 Å². The smallest absolute Gasteiger partial charge is 0.305 e. The highest BCUT2D eigenvalue weighted by molar-refractivity contribution is 5.68. The second-order valence-electron chi connectivity index (χ2n) is 7.86. The van der Waals surface area contributed by atoms with Crippen LogP contribution in [0.2, 0.25) is 0 Å². The second-order valence-corrected chi connectivity index (χ2v) is 7.86. The maximum Gasteiger partial charge on any atom is 0.305 e. The largest absolute Gasteiger partial charge is 0.507 e. The van der Waals surface area contributed by atoms with E-state index in [-0.39, 0.29) is 16.8 Å². The highest BCUT2D eigenvalue weighted by Gasteiger charge is 2.26. The van der Waals surface area contributed by atoms with Crippen molar-refractivity contribution in [1.82, 2.24) is 0 Å². The van der Waals surface area contributed by atoms with Crippen LogP contribution in [-0.2, 0) is 26.8 Å². The minimum Gasteiger partial charge on any atom is -0.507 e. The lowest BCUT2D eigenvalue weighted by Gasteiger charge is -2.28. The molecule has 0 aromatic heterocycles. The van der Waals surface area contributed by atoms with E-state index in [1.165, 1.54) is 0 Å². The zero-order chi connectivity index (χ0) is 17.1. The fourth-order valence-corrected chi connectivity index (χ4v) is 2.37. The zero-order valence-electron chi connectivity index (χ0n) is 15.0. The predicted molar refractivity (Wildman–Crippen MR) is 90.5 cm³/mol. The van der Waals surface area contributed by atoms with Crippen molar-refractivity contribution in [3.63, 3.8) is 0 Å². The molecule has 0 bridgehead atoms. The van der Waals surface area contributed by atoms with Crippen molar-refractivity contribution in [1.29, 1.82) is 0 Å². The van der Waals surface area contributed by atoms with Gasteiger partial charge in [0.2, 0.25) is 0 Å². The summed E-state index contributed by atoms with van der Waals surface area (Å²) in [5, 5.41) is 10.7. The average molecular weight is 306 g/mol. The highest BCUT2D eigenvalue weighted by Crippen LogP contribution is 2.39. The van der Waals surface area contributed by atoms with Crippen molar-refractivity contribution >= 4 is 5.97 Å². The Kier molecular flexibility index (Phi) is 5.66. The maximum absolute atomic E-state index is 11.2. The molecule has 1 N–H and O–H groups in total. The molecular formula is C19H30O3. The summed E-state index contributed by atoms with van der Waals surface area (Å²) in [4.78, 5) is 11.2. The van der Waals surface area contributed by atoms with Gasteiger partial charge in [-0.2, -0.15) is 0 Å². The van der Waals surface area contributed by atoms with Crippen LogP contribution in [0.1, 0.15) is 71.6 Å². The van der Waals surface area contributed by atoms with Crippen LogP contribution in [0.3, 0.4) is 0 Å². The number of hydrogen-bond donors (Lipinski definition) is 1. The fraction of sp³-hybridized carbons (Fsp3) is 0.632. The first kappa shape index (κ1) is 18.5. The maximum atomic E-state index is 11.2. The lowest BCUT2D eigenvalue weighted by Crippen LogP contribution is -2.18. The van der Waals surface area contributed by atoms with Crippen LogP contribution in [0, 0.1) is 0 Å². The van der Waals surface area contributed by atoms with Gasteiger partial charge in [-0.15, -0.1) is 0 Å². The summed E-state index contributed by atoms with van der Waals surface area (Å²) in [6, 6.07) is 4.06. The molecule has 0 heterocycles. The third-order valence-electron chi connectivity index (χ3n) is 3.73. The zero-order valence-corrected chi connectivity index (χ0v) is 15.0. The molecule has 124 valence electrons. The first-order valence-corrected chi connectivity index (χ1v) is 7.99. The third kappa shape index (κ3) is 4.75. The third-order valence-corrected chi connectivity index (χ3v) is 3.73. The monoisotopic (exact) mass is 306 g/mol. The summed E-state index contributed by atoms with van der Waals surface area (Å²) >= 11 is 0. The number of carbonyl (C=O) groups excluding carboxylic acids is 1. The number of hydrogen-bond acceptors (Lipinski definition) is 3. The number of aromatic hydroxyl groups is 1. The van der Waals surface area contributed by atoms with Gasteiger partial charge in [0.1, 0.15) is 5.75 Å². The molecule has 0 aliphatic carbocycles. The van der Waals surface area contributed by atoms with Gasteiger partial charge in [0.15, 0.2) is 0 Å². The molecule has 0 atom stereocenters. The van der Waals surface area contributed by atoms with Crippen LogP contribution < -0.4 is 0 Å². The summed E-state index contributed by atoms with van der Waals surface area (Å²) in [5.41, 5.74) is 2.70. The molecule has 0 fully saturated rings. The van der Waals surface area contributed by atoms with Crippen LogP contribution in [0.5, 0.6) is 5.75 Å². The topological polar surface area (TPSA) is 46.5 Å². The van der Waals surface area contributed by atoms with Gasteiger partial charge in [-0.25, -0.2) is 0 Å². The van der Waals surface area contributed by atoms with Gasteiger partial charge in [0.05, 0.1) is 6.61 Å². The quantitative estimate of drug-likeness (QED) is 0.834. The van der Waals surface area contributed by atoms with Crippen LogP contribution in [0.4, 0.5) is 0 Å². The highest BCUT2D eigenvalue weighted by atomic mass is 16.5. The van der Waals surface area contributed by atoms with Gasteiger partial charge in [-0.1, -0.05) is 60.6 Å². The van der Waals surface area contributed by atoms with E-state index >= 15 is 0 Å². The Morgan fingerprint density at radius 1 is 1.05 bits per heavy atom. The lowest BCUT2D eigenvalue weighted by molar-refractivity contribution is -0.143. The van der Waals surface area contributed by atoms with Crippen LogP contribution >= 0.6 is 0 Å². The number of esters is 1. The molecule has 0 radical (unpaired) electrons. The van der Waals surface area contributed by atoms with E-state index in [0.29, 0.717) is 25.2 Å². The summed E-state index contributed by atoms with van der Waals surface area (Å²) in [5.74, 6) is 0.208. The Balaban J connectivity index is 3.16. The van der Waals surface area contributed by atoms with Gasteiger partial charge in [-0.3, -0.25) is 4.79 Å². The van der Waals surface area contributed by atoms with E-state index in [1.54, 1.807) is 6.92 Å². The van der Waals surface area contributed by atoms with Crippen molar-refractivity contribution < 1.29 is 14.6 Å². The number of phenolic OH excluding ortho intramolecular Hbond substituents is 1. The molecule has 0 amide bonds. The molecule has 0 saturated heterocycles. The average Bonchev–Trinajstić information content (AvgIpc) is 2.37. The Hall–Kier alpha value is -1.51. The summed E-state index contributed by atoms with van der Waals surface area (Å²) < 4.78 is 5.17. The van der Waals surface area contributed by atoms with Crippen LogP contribution in [-0.4, -0.2) is 17.7 Å². The van der Waals surface area contributed by atoms with Crippen LogP contribution in [0.25, 0.3) is 0 Å². The Bertz CT molecular complexity index is 496. The normalized spacial score (nSPS) is 12.3. The van der Waals surface area contributed by atoms with Crippen molar-refractivity contribution in [3.05, 3.63) is 28.8 Å². The molecule has 3 heteroatoms. The number of rotatable bonds is 4. The summed E-state index contributed by atoms with van der Waals surface area (Å²) in [7, 11) is 0. The van der Waals surface area contributed by atoms with Crippen molar-refractivity contribution in [2.45, 2.75) is 72.1 Å². The molecule has 0 aliphatic heterocycles. The SMILES string of the molecule is CCC(=O)OCCc1cc(C(C)(C)C)c(O)c(C(C)(C)C)c1. The van der Waals surface area contributed by atoms with Gasteiger partial charge in [0.25, 0.3) is 0 Å². The Morgan fingerprint density at radius 3 is 1.86 bits per heavy atom. The Morgan fingerprint density at radius 2 is 1.50 bits per heavy atom. The fourth-order valence-electron chi connectivity index (χ4n) is 2.37.